The number of halogens is 1. The molecule has 25 heavy (non-hydrogen) atoms. The van der Waals surface area contributed by atoms with E-state index in [0.29, 0.717) is 11.6 Å². The van der Waals surface area contributed by atoms with Crippen LogP contribution in [0.3, 0.4) is 0 Å². The predicted octanol–water partition coefficient (Wildman–Crippen LogP) is 2.55. The number of nitrogens with one attached hydrogen (secondary N) is 1. The number of rotatable bonds is 7. The van der Waals surface area contributed by atoms with Gasteiger partial charge in [-0.3, -0.25) is 4.79 Å². The third-order valence-corrected chi connectivity index (χ3v) is 3.26. The molecule has 0 fully saturated rings. The van der Waals surface area contributed by atoms with E-state index < -0.39 is 23.8 Å². The van der Waals surface area contributed by atoms with Crippen LogP contribution >= 0.6 is 0 Å². The number of anilines is 1. The lowest BCUT2D eigenvalue weighted by molar-refractivity contribution is -0.155. The second kappa shape index (κ2) is 8.27. The Morgan fingerprint density at radius 3 is 2.52 bits per heavy atom. The van der Waals surface area contributed by atoms with Crippen molar-refractivity contribution < 1.29 is 23.5 Å². The third kappa shape index (κ3) is 5.30. The molecule has 0 bridgehead atoms. The molecule has 2 aromatic rings. The first-order valence-electron chi connectivity index (χ1n) is 7.79. The fourth-order valence-corrected chi connectivity index (χ4v) is 2.01. The second-order valence-electron chi connectivity index (χ2n) is 5.62. The van der Waals surface area contributed by atoms with E-state index in [1.54, 1.807) is 16.9 Å². The summed E-state index contributed by atoms with van der Waals surface area (Å²) in [7, 11) is 0. The van der Waals surface area contributed by atoms with Crippen LogP contribution < -0.4 is 10.1 Å². The maximum atomic E-state index is 12.8. The van der Waals surface area contributed by atoms with Gasteiger partial charge < -0.3 is 14.8 Å². The minimum absolute atomic E-state index is 0.0762. The summed E-state index contributed by atoms with van der Waals surface area (Å²) in [5.41, 5.74) is 0. The van der Waals surface area contributed by atoms with Gasteiger partial charge in [-0.25, -0.2) is 13.9 Å². The zero-order chi connectivity index (χ0) is 18.4. The Bertz CT molecular complexity index is 728. The van der Waals surface area contributed by atoms with Crippen molar-refractivity contribution in [2.75, 3.05) is 11.9 Å². The fourth-order valence-electron chi connectivity index (χ4n) is 2.01. The number of carbonyl (C=O) groups excluding carboxylic acids is 2. The SMILES string of the molecule is CC(C)n1nccc1NC(=O)[C@H](C)OC(=O)COc1ccc(F)cc1. The first kappa shape index (κ1) is 18.4. The summed E-state index contributed by atoms with van der Waals surface area (Å²) in [5.74, 6) is -0.732. The summed E-state index contributed by atoms with van der Waals surface area (Å²) in [6.45, 7) is 4.94. The smallest absolute Gasteiger partial charge is 0.344 e. The Morgan fingerprint density at radius 1 is 1.20 bits per heavy atom. The molecule has 0 saturated heterocycles. The van der Waals surface area contributed by atoms with Crippen molar-refractivity contribution in [2.45, 2.75) is 32.9 Å². The number of esters is 1. The molecule has 1 aromatic carbocycles. The Labute approximate surface area is 144 Å². The largest absolute Gasteiger partial charge is 0.482 e. The van der Waals surface area contributed by atoms with Crippen LogP contribution in [0.1, 0.15) is 26.8 Å². The molecule has 0 aliphatic rings. The summed E-state index contributed by atoms with van der Waals surface area (Å²) in [4.78, 5) is 23.9. The van der Waals surface area contributed by atoms with Crippen LogP contribution in [0.25, 0.3) is 0 Å². The van der Waals surface area contributed by atoms with Gasteiger partial charge in [0.15, 0.2) is 12.7 Å². The fraction of sp³-hybridized carbons (Fsp3) is 0.353. The highest BCUT2D eigenvalue weighted by Crippen LogP contribution is 2.14. The number of carbonyl (C=O) groups is 2. The number of hydrogen-bond donors (Lipinski definition) is 1. The zero-order valence-corrected chi connectivity index (χ0v) is 14.2. The second-order valence-corrected chi connectivity index (χ2v) is 5.62. The van der Waals surface area contributed by atoms with Crippen LogP contribution in [0.15, 0.2) is 36.5 Å². The van der Waals surface area contributed by atoms with Crippen LogP contribution in [0.4, 0.5) is 10.2 Å². The molecule has 0 aliphatic carbocycles. The lowest BCUT2D eigenvalue weighted by atomic mass is 10.3. The van der Waals surface area contributed by atoms with Crippen molar-refractivity contribution in [3.63, 3.8) is 0 Å². The first-order chi connectivity index (χ1) is 11.9. The van der Waals surface area contributed by atoms with Gasteiger partial charge in [0.2, 0.25) is 0 Å². The molecule has 2 rings (SSSR count). The van der Waals surface area contributed by atoms with Gasteiger partial charge in [-0.05, 0) is 45.0 Å². The van der Waals surface area contributed by atoms with Crippen molar-refractivity contribution in [2.24, 2.45) is 0 Å². The van der Waals surface area contributed by atoms with Crippen LogP contribution in [0.5, 0.6) is 5.75 Å². The molecular weight excluding hydrogens is 329 g/mol. The van der Waals surface area contributed by atoms with E-state index >= 15 is 0 Å². The van der Waals surface area contributed by atoms with Crippen LogP contribution in [-0.4, -0.2) is 34.4 Å². The van der Waals surface area contributed by atoms with E-state index in [2.05, 4.69) is 10.4 Å². The number of aromatic nitrogens is 2. The Hall–Kier alpha value is -2.90. The lowest BCUT2D eigenvalue weighted by Gasteiger charge is -2.16. The van der Waals surface area contributed by atoms with Gasteiger partial charge in [-0.15, -0.1) is 0 Å². The Morgan fingerprint density at radius 2 is 1.88 bits per heavy atom. The predicted molar refractivity (Wildman–Crippen MR) is 88.7 cm³/mol. The maximum absolute atomic E-state index is 12.8. The van der Waals surface area contributed by atoms with Gasteiger partial charge >= 0.3 is 5.97 Å². The summed E-state index contributed by atoms with van der Waals surface area (Å²) in [6.07, 6.45) is 0.572. The highest BCUT2D eigenvalue weighted by Gasteiger charge is 2.20. The molecule has 1 heterocycles. The Balaban J connectivity index is 1.82. The average Bonchev–Trinajstić information content (AvgIpc) is 3.02. The average molecular weight is 349 g/mol. The Kier molecular flexibility index (Phi) is 6.10. The van der Waals surface area contributed by atoms with E-state index in [1.165, 1.54) is 31.2 Å². The van der Waals surface area contributed by atoms with E-state index in [4.69, 9.17) is 9.47 Å². The van der Waals surface area contributed by atoms with Gasteiger partial charge in [0.1, 0.15) is 17.4 Å². The molecule has 134 valence electrons. The molecule has 1 atom stereocenters. The zero-order valence-electron chi connectivity index (χ0n) is 14.2. The van der Waals surface area contributed by atoms with Crippen molar-refractivity contribution >= 4 is 17.7 Å². The minimum Gasteiger partial charge on any atom is -0.482 e. The van der Waals surface area contributed by atoms with Gasteiger partial charge in [-0.2, -0.15) is 5.10 Å². The monoisotopic (exact) mass is 349 g/mol. The molecule has 1 amide bonds. The number of hydrogen-bond acceptors (Lipinski definition) is 5. The molecular formula is C17H20FN3O4. The molecule has 1 aromatic heterocycles. The third-order valence-electron chi connectivity index (χ3n) is 3.26. The normalized spacial score (nSPS) is 11.9. The van der Waals surface area contributed by atoms with E-state index in [1.807, 2.05) is 13.8 Å². The molecule has 0 saturated carbocycles. The standard InChI is InChI=1S/C17H20FN3O4/c1-11(2)21-15(8-9-19-21)20-17(23)12(3)25-16(22)10-24-14-6-4-13(18)5-7-14/h4-9,11-12H,10H2,1-3H3,(H,20,23)/t12-/m0/s1. The molecule has 0 radical (unpaired) electrons. The summed E-state index contributed by atoms with van der Waals surface area (Å²) in [5, 5.41) is 6.76. The lowest BCUT2D eigenvalue weighted by Crippen LogP contribution is -2.32. The summed E-state index contributed by atoms with van der Waals surface area (Å²) < 4.78 is 24.6. The highest BCUT2D eigenvalue weighted by atomic mass is 19.1. The van der Waals surface area contributed by atoms with Crippen LogP contribution in [0.2, 0.25) is 0 Å². The van der Waals surface area contributed by atoms with Gasteiger partial charge in [-0.1, -0.05) is 0 Å². The van der Waals surface area contributed by atoms with Gasteiger partial charge in [0.05, 0.1) is 6.20 Å². The van der Waals surface area contributed by atoms with Gasteiger partial charge in [0.25, 0.3) is 5.91 Å². The van der Waals surface area contributed by atoms with Crippen molar-refractivity contribution in [1.29, 1.82) is 0 Å². The number of nitrogens with zero attached hydrogens (tertiary/aromatic N) is 2. The summed E-state index contributed by atoms with van der Waals surface area (Å²) in [6, 6.07) is 6.96. The number of benzene rings is 1. The van der Waals surface area contributed by atoms with Crippen molar-refractivity contribution in [3.05, 3.63) is 42.3 Å². The van der Waals surface area contributed by atoms with Crippen LogP contribution in [0, 0.1) is 5.82 Å². The van der Waals surface area contributed by atoms with E-state index in [0.717, 1.165) is 0 Å². The number of amides is 1. The molecule has 0 aliphatic heterocycles. The summed E-state index contributed by atoms with van der Waals surface area (Å²) >= 11 is 0. The van der Waals surface area contributed by atoms with Gasteiger partial charge in [0, 0.05) is 12.1 Å². The topological polar surface area (TPSA) is 82.5 Å². The minimum atomic E-state index is -1.00. The molecule has 8 heteroatoms. The van der Waals surface area contributed by atoms with Crippen molar-refractivity contribution in [3.8, 4) is 5.75 Å². The molecule has 1 N–H and O–H groups in total. The van der Waals surface area contributed by atoms with E-state index in [9.17, 15) is 14.0 Å². The maximum Gasteiger partial charge on any atom is 0.344 e. The number of ether oxygens (including phenoxy) is 2. The van der Waals surface area contributed by atoms with Crippen LogP contribution in [-0.2, 0) is 14.3 Å². The van der Waals surface area contributed by atoms with E-state index in [-0.39, 0.29) is 12.6 Å². The highest BCUT2D eigenvalue weighted by molar-refractivity contribution is 5.94. The first-order valence-corrected chi connectivity index (χ1v) is 7.79. The van der Waals surface area contributed by atoms with Crippen molar-refractivity contribution in [1.82, 2.24) is 9.78 Å². The molecule has 0 spiro atoms. The molecule has 7 nitrogen and oxygen atoms in total. The molecule has 0 unspecified atom stereocenters. The quantitative estimate of drug-likeness (QED) is 0.777.